The number of nitrogens with one attached hydrogen (secondary N) is 2. The predicted molar refractivity (Wildman–Crippen MR) is 90.4 cm³/mol. The lowest BCUT2D eigenvalue weighted by atomic mass is 10.1. The number of hydrogen-bond donors (Lipinski definition) is 3. The Kier molecular flexibility index (Phi) is 5.09. The molecule has 1 saturated carbocycles. The van der Waals surface area contributed by atoms with Gasteiger partial charge in [-0.3, -0.25) is 9.59 Å². The second kappa shape index (κ2) is 7.44. The minimum atomic E-state index is -0.474. The van der Waals surface area contributed by atoms with Crippen LogP contribution in [0.25, 0.3) is 0 Å². The molecular weight excluding hydrogens is 323 g/mol. The van der Waals surface area contributed by atoms with Crippen LogP contribution < -0.4 is 10.6 Å². The monoisotopic (exact) mass is 342 g/mol. The third kappa shape index (κ3) is 4.42. The standard InChI is InChI=1S/C19H19FN2O3/c20-17-8-1-12(9-15(17)11-23)10-21-18(24)13-2-4-14(5-3-13)19(25)22-16-6-7-16/h1-5,8-9,16,23H,6-7,10-11H2,(H,21,24)(H,22,25). The summed E-state index contributed by atoms with van der Waals surface area (Å²) in [6.07, 6.45) is 2.04. The molecule has 0 bridgehead atoms. The fourth-order valence-corrected chi connectivity index (χ4v) is 2.41. The number of carbonyl (C=O) groups is 2. The zero-order chi connectivity index (χ0) is 17.8. The molecule has 0 unspecified atom stereocenters. The lowest BCUT2D eigenvalue weighted by Crippen LogP contribution is -2.26. The lowest BCUT2D eigenvalue weighted by Gasteiger charge is -2.08. The van der Waals surface area contributed by atoms with E-state index >= 15 is 0 Å². The van der Waals surface area contributed by atoms with E-state index in [4.69, 9.17) is 5.11 Å². The summed E-state index contributed by atoms with van der Waals surface area (Å²) in [5.41, 5.74) is 1.85. The van der Waals surface area contributed by atoms with Gasteiger partial charge >= 0.3 is 0 Å². The van der Waals surface area contributed by atoms with Crippen LogP contribution in [0, 0.1) is 5.82 Å². The molecule has 0 aromatic heterocycles. The molecule has 0 spiro atoms. The summed E-state index contributed by atoms with van der Waals surface area (Å²) in [6.45, 7) is -0.173. The molecule has 0 heterocycles. The minimum absolute atomic E-state index is 0.127. The predicted octanol–water partition coefficient (Wildman–Crippen LogP) is 2.14. The minimum Gasteiger partial charge on any atom is -0.392 e. The number of benzene rings is 2. The molecule has 3 N–H and O–H groups in total. The van der Waals surface area contributed by atoms with E-state index in [0.29, 0.717) is 16.7 Å². The summed E-state index contributed by atoms with van der Waals surface area (Å²) in [4.78, 5) is 24.1. The molecule has 6 heteroatoms. The summed E-state index contributed by atoms with van der Waals surface area (Å²) in [7, 11) is 0. The smallest absolute Gasteiger partial charge is 0.251 e. The molecule has 0 saturated heterocycles. The number of carbonyl (C=O) groups excluding carboxylic acids is 2. The fraction of sp³-hybridized carbons (Fsp3) is 0.263. The van der Waals surface area contributed by atoms with Crippen molar-refractivity contribution in [3.05, 3.63) is 70.5 Å². The quantitative estimate of drug-likeness (QED) is 0.753. The molecule has 1 aliphatic carbocycles. The van der Waals surface area contributed by atoms with Crippen molar-refractivity contribution in [2.75, 3.05) is 0 Å². The van der Waals surface area contributed by atoms with Crippen LogP contribution in [0.4, 0.5) is 4.39 Å². The number of aliphatic hydroxyl groups excluding tert-OH is 1. The molecule has 0 atom stereocenters. The van der Waals surface area contributed by atoms with Gasteiger partial charge in [-0.1, -0.05) is 6.07 Å². The Morgan fingerprint density at radius 1 is 1.04 bits per heavy atom. The highest BCUT2D eigenvalue weighted by atomic mass is 19.1. The van der Waals surface area contributed by atoms with E-state index in [2.05, 4.69) is 10.6 Å². The number of amides is 2. The number of aliphatic hydroxyl groups is 1. The van der Waals surface area contributed by atoms with Crippen molar-refractivity contribution in [1.29, 1.82) is 0 Å². The van der Waals surface area contributed by atoms with E-state index in [0.717, 1.165) is 12.8 Å². The number of rotatable bonds is 6. The molecule has 1 fully saturated rings. The van der Waals surface area contributed by atoms with Gasteiger partial charge in [0.1, 0.15) is 5.82 Å². The molecule has 5 nitrogen and oxygen atoms in total. The van der Waals surface area contributed by atoms with Crippen molar-refractivity contribution in [1.82, 2.24) is 10.6 Å². The van der Waals surface area contributed by atoms with E-state index < -0.39 is 12.4 Å². The van der Waals surface area contributed by atoms with Crippen LogP contribution in [0.1, 0.15) is 44.7 Å². The van der Waals surface area contributed by atoms with E-state index in [-0.39, 0.29) is 30.0 Å². The molecule has 130 valence electrons. The van der Waals surface area contributed by atoms with E-state index in [9.17, 15) is 14.0 Å². The van der Waals surface area contributed by atoms with Gasteiger partial charge in [-0.2, -0.15) is 0 Å². The van der Waals surface area contributed by atoms with Gasteiger partial charge in [0.25, 0.3) is 11.8 Å². The van der Waals surface area contributed by atoms with E-state index in [1.54, 1.807) is 30.3 Å². The molecular formula is C19H19FN2O3. The second-order valence-electron chi connectivity index (χ2n) is 6.09. The average Bonchev–Trinajstić information content (AvgIpc) is 3.44. The van der Waals surface area contributed by atoms with Crippen molar-refractivity contribution >= 4 is 11.8 Å². The number of halogens is 1. The average molecular weight is 342 g/mol. The summed E-state index contributed by atoms with van der Waals surface area (Å²) < 4.78 is 13.3. The highest BCUT2D eigenvalue weighted by Gasteiger charge is 2.23. The van der Waals surface area contributed by atoms with Gasteiger partial charge < -0.3 is 15.7 Å². The van der Waals surface area contributed by atoms with Gasteiger partial charge in [-0.05, 0) is 54.8 Å². The van der Waals surface area contributed by atoms with Crippen molar-refractivity contribution < 1.29 is 19.1 Å². The third-order valence-corrected chi connectivity index (χ3v) is 4.06. The van der Waals surface area contributed by atoms with Crippen LogP contribution in [0.15, 0.2) is 42.5 Å². The summed E-state index contributed by atoms with van der Waals surface area (Å²) in [5, 5.41) is 14.7. The normalized spacial score (nSPS) is 13.4. The van der Waals surface area contributed by atoms with Gasteiger partial charge in [0.2, 0.25) is 0 Å². The number of hydrogen-bond acceptors (Lipinski definition) is 3. The molecule has 1 aliphatic rings. The van der Waals surface area contributed by atoms with Gasteiger partial charge in [-0.25, -0.2) is 4.39 Å². The fourth-order valence-electron chi connectivity index (χ4n) is 2.41. The zero-order valence-electron chi connectivity index (χ0n) is 13.6. The van der Waals surface area contributed by atoms with Crippen molar-refractivity contribution in [3.63, 3.8) is 0 Å². The topological polar surface area (TPSA) is 78.4 Å². The Labute approximate surface area is 144 Å². The summed E-state index contributed by atoms with van der Waals surface area (Å²) in [6, 6.07) is 11.1. The van der Waals surface area contributed by atoms with Crippen molar-refractivity contribution in [3.8, 4) is 0 Å². The Hall–Kier alpha value is -2.73. The van der Waals surface area contributed by atoms with Gasteiger partial charge in [0, 0.05) is 29.3 Å². The van der Waals surface area contributed by atoms with Crippen molar-refractivity contribution in [2.24, 2.45) is 0 Å². The molecule has 25 heavy (non-hydrogen) atoms. The van der Waals surface area contributed by atoms with Crippen LogP contribution in [0.5, 0.6) is 0 Å². The maximum atomic E-state index is 13.3. The third-order valence-electron chi connectivity index (χ3n) is 4.06. The molecule has 2 aromatic rings. The van der Waals surface area contributed by atoms with Gasteiger partial charge in [-0.15, -0.1) is 0 Å². The summed E-state index contributed by atoms with van der Waals surface area (Å²) in [5.74, 6) is -0.890. The molecule has 2 aromatic carbocycles. The highest BCUT2D eigenvalue weighted by molar-refractivity contribution is 5.98. The highest BCUT2D eigenvalue weighted by Crippen LogP contribution is 2.19. The Morgan fingerprint density at radius 3 is 2.28 bits per heavy atom. The largest absolute Gasteiger partial charge is 0.392 e. The molecule has 3 rings (SSSR count). The molecule has 2 amide bonds. The van der Waals surface area contributed by atoms with Crippen LogP contribution in [0.3, 0.4) is 0 Å². The van der Waals surface area contributed by atoms with Crippen molar-refractivity contribution in [2.45, 2.75) is 32.0 Å². The Morgan fingerprint density at radius 2 is 1.68 bits per heavy atom. The molecule has 0 aliphatic heterocycles. The first-order chi connectivity index (χ1) is 12.1. The molecule has 0 radical (unpaired) electrons. The lowest BCUT2D eigenvalue weighted by molar-refractivity contribution is 0.0939. The van der Waals surface area contributed by atoms with Crippen LogP contribution in [-0.2, 0) is 13.2 Å². The van der Waals surface area contributed by atoms with Crippen LogP contribution >= 0.6 is 0 Å². The van der Waals surface area contributed by atoms with Crippen LogP contribution in [-0.4, -0.2) is 23.0 Å². The maximum Gasteiger partial charge on any atom is 0.251 e. The Bertz CT molecular complexity index is 786. The zero-order valence-corrected chi connectivity index (χ0v) is 13.6. The van der Waals surface area contributed by atoms with Crippen LogP contribution in [0.2, 0.25) is 0 Å². The first-order valence-corrected chi connectivity index (χ1v) is 8.14. The summed E-state index contributed by atoms with van der Waals surface area (Å²) >= 11 is 0. The van der Waals surface area contributed by atoms with Gasteiger partial charge in [0.15, 0.2) is 0 Å². The van der Waals surface area contributed by atoms with E-state index in [1.807, 2.05) is 0 Å². The first-order valence-electron chi connectivity index (χ1n) is 8.14. The second-order valence-corrected chi connectivity index (χ2v) is 6.09. The van der Waals surface area contributed by atoms with E-state index in [1.165, 1.54) is 12.1 Å². The first kappa shape index (κ1) is 17.1. The maximum absolute atomic E-state index is 13.3. The Balaban J connectivity index is 1.58. The van der Waals surface area contributed by atoms with Gasteiger partial charge in [0.05, 0.1) is 6.61 Å². The SMILES string of the molecule is O=C(NCc1ccc(F)c(CO)c1)c1ccc(C(=O)NC2CC2)cc1.